The highest BCUT2D eigenvalue weighted by molar-refractivity contribution is 6.04. The van der Waals surface area contributed by atoms with Crippen LogP contribution in [0.5, 0.6) is 0 Å². The molecule has 0 bridgehead atoms. The lowest BCUT2D eigenvalue weighted by atomic mass is 10.2. The fourth-order valence-electron chi connectivity index (χ4n) is 2.29. The van der Waals surface area contributed by atoms with Crippen molar-refractivity contribution in [3.63, 3.8) is 0 Å². The molecule has 1 N–H and O–H groups in total. The molecule has 0 atom stereocenters. The van der Waals surface area contributed by atoms with Crippen molar-refractivity contribution in [2.45, 2.75) is 39.5 Å². The summed E-state index contributed by atoms with van der Waals surface area (Å²) in [6.07, 6.45) is 4.27. The van der Waals surface area contributed by atoms with Crippen LogP contribution in [0.1, 0.15) is 50.0 Å². The quantitative estimate of drug-likeness (QED) is 0.837. The van der Waals surface area contributed by atoms with Gasteiger partial charge in [-0.05, 0) is 18.9 Å². The molecule has 0 saturated heterocycles. The van der Waals surface area contributed by atoms with Crippen molar-refractivity contribution in [2.24, 2.45) is 0 Å². The van der Waals surface area contributed by atoms with Gasteiger partial charge in [-0.3, -0.25) is 9.89 Å². The molecule has 1 aromatic heterocycles. The van der Waals surface area contributed by atoms with Crippen molar-refractivity contribution in [2.75, 3.05) is 13.1 Å². The normalized spacial score (nSPS) is 10.9. The number of fused-ring (bicyclic) bond motifs is 1. The van der Waals surface area contributed by atoms with Gasteiger partial charge < -0.3 is 4.90 Å². The average Bonchev–Trinajstić information content (AvgIpc) is 2.91. The highest BCUT2D eigenvalue weighted by Crippen LogP contribution is 2.17. The lowest BCUT2D eigenvalue weighted by Gasteiger charge is -2.21. The number of hydrogen-bond donors (Lipinski definition) is 1. The molecule has 0 aliphatic carbocycles. The van der Waals surface area contributed by atoms with E-state index in [0.29, 0.717) is 5.69 Å². The summed E-state index contributed by atoms with van der Waals surface area (Å²) in [5.41, 5.74) is 1.47. The Hall–Kier alpha value is -1.84. The number of aromatic amines is 1. The number of amides is 1. The standard InChI is InChI=1S/C16H23N3O/c1-3-5-11-19(12-6-4-2)16(20)15-13-9-7-8-10-14(13)17-18-15/h7-10H,3-6,11-12H2,1-2H3,(H,17,18). The number of nitrogens with zero attached hydrogens (tertiary/aromatic N) is 2. The molecule has 1 aromatic carbocycles. The van der Waals surface area contributed by atoms with E-state index < -0.39 is 0 Å². The first-order valence-electron chi connectivity index (χ1n) is 7.50. The van der Waals surface area contributed by atoms with Crippen LogP contribution >= 0.6 is 0 Å². The van der Waals surface area contributed by atoms with Gasteiger partial charge in [-0.25, -0.2) is 0 Å². The van der Waals surface area contributed by atoms with Gasteiger partial charge >= 0.3 is 0 Å². The fraction of sp³-hybridized carbons (Fsp3) is 0.500. The Labute approximate surface area is 120 Å². The van der Waals surface area contributed by atoms with Crippen LogP contribution in [0.2, 0.25) is 0 Å². The van der Waals surface area contributed by atoms with Crippen molar-refractivity contribution in [3.05, 3.63) is 30.0 Å². The van der Waals surface area contributed by atoms with E-state index >= 15 is 0 Å². The highest BCUT2D eigenvalue weighted by Gasteiger charge is 2.19. The molecule has 1 amide bonds. The summed E-state index contributed by atoms with van der Waals surface area (Å²) in [4.78, 5) is 14.6. The predicted octanol–water partition coefficient (Wildman–Crippen LogP) is 3.61. The number of aromatic nitrogens is 2. The summed E-state index contributed by atoms with van der Waals surface area (Å²) in [6, 6.07) is 7.78. The van der Waals surface area contributed by atoms with Gasteiger partial charge in [0.2, 0.25) is 0 Å². The number of unbranched alkanes of at least 4 members (excludes halogenated alkanes) is 2. The fourth-order valence-corrected chi connectivity index (χ4v) is 2.29. The average molecular weight is 273 g/mol. The van der Waals surface area contributed by atoms with E-state index in [1.807, 2.05) is 29.2 Å². The maximum atomic E-state index is 12.7. The summed E-state index contributed by atoms with van der Waals surface area (Å²) in [5.74, 6) is 0.0457. The number of rotatable bonds is 7. The molecule has 20 heavy (non-hydrogen) atoms. The van der Waals surface area contributed by atoms with Crippen LogP contribution in [0.3, 0.4) is 0 Å². The number of para-hydroxylation sites is 1. The largest absolute Gasteiger partial charge is 0.337 e. The molecule has 2 rings (SSSR count). The number of benzene rings is 1. The molecular formula is C16H23N3O. The first-order chi connectivity index (χ1) is 9.77. The highest BCUT2D eigenvalue weighted by atomic mass is 16.2. The van der Waals surface area contributed by atoms with Crippen molar-refractivity contribution in [3.8, 4) is 0 Å². The molecule has 0 unspecified atom stereocenters. The second-order valence-electron chi connectivity index (χ2n) is 5.12. The summed E-state index contributed by atoms with van der Waals surface area (Å²) < 4.78 is 0. The van der Waals surface area contributed by atoms with Crippen LogP contribution in [-0.4, -0.2) is 34.1 Å². The zero-order valence-corrected chi connectivity index (χ0v) is 12.4. The molecule has 2 aromatic rings. The Balaban J connectivity index is 2.21. The minimum Gasteiger partial charge on any atom is -0.337 e. The van der Waals surface area contributed by atoms with E-state index in [-0.39, 0.29) is 5.91 Å². The van der Waals surface area contributed by atoms with Crippen LogP contribution < -0.4 is 0 Å². The smallest absolute Gasteiger partial charge is 0.274 e. The Kier molecular flexibility index (Phi) is 5.16. The third-order valence-corrected chi connectivity index (χ3v) is 3.52. The van der Waals surface area contributed by atoms with Gasteiger partial charge in [-0.15, -0.1) is 0 Å². The molecule has 0 radical (unpaired) electrons. The van der Waals surface area contributed by atoms with Crippen molar-refractivity contribution in [1.82, 2.24) is 15.1 Å². The molecule has 4 nitrogen and oxygen atoms in total. The zero-order valence-electron chi connectivity index (χ0n) is 12.4. The van der Waals surface area contributed by atoms with Crippen LogP contribution in [0.25, 0.3) is 10.9 Å². The Morgan fingerprint density at radius 1 is 1.15 bits per heavy atom. The first kappa shape index (κ1) is 14.6. The lowest BCUT2D eigenvalue weighted by Crippen LogP contribution is -2.33. The molecule has 0 spiro atoms. The van der Waals surface area contributed by atoms with Gasteiger partial charge in [0.25, 0.3) is 5.91 Å². The molecule has 0 aliphatic rings. The maximum absolute atomic E-state index is 12.7. The Morgan fingerprint density at radius 3 is 2.45 bits per heavy atom. The van der Waals surface area contributed by atoms with E-state index in [1.165, 1.54) is 0 Å². The van der Waals surface area contributed by atoms with E-state index in [0.717, 1.165) is 49.7 Å². The number of carbonyl (C=O) groups excluding carboxylic acids is 1. The number of hydrogen-bond acceptors (Lipinski definition) is 2. The van der Waals surface area contributed by atoms with Gasteiger partial charge in [-0.1, -0.05) is 44.9 Å². The molecule has 108 valence electrons. The summed E-state index contributed by atoms with van der Waals surface area (Å²) in [5, 5.41) is 8.07. The van der Waals surface area contributed by atoms with Gasteiger partial charge in [0, 0.05) is 18.5 Å². The Morgan fingerprint density at radius 2 is 1.80 bits per heavy atom. The third kappa shape index (κ3) is 3.18. The van der Waals surface area contributed by atoms with Gasteiger partial charge in [0.1, 0.15) is 0 Å². The topological polar surface area (TPSA) is 49.0 Å². The number of H-pyrrole nitrogens is 1. The minimum atomic E-state index is 0.0457. The lowest BCUT2D eigenvalue weighted by molar-refractivity contribution is 0.0747. The number of carbonyl (C=O) groups is 1. The van der Waals surface area contributed by atoms with Crippen molar-refractivity contribution < 1.29 is 4.79 Å². The van der Waals surface area contributed by atoms with E-state index in [1.54, 1.807) is 0 Å². The maximum Gasteiger partial charge on any atom is 0.274 e. The molecule has 4 heteroatoms. The molecule has 1 heterocycles. The van der Waals surface area contributed by atoms with Crippen molar-refractivity contribution in [1.29, 1.82) is 0 Å². The molecule has 0 saturated carbocycles. The molecule has 0 aliphatic heterocycles. The van der Waals surface area contributed by atoms with Gasteiger partial charge in [0.05, 0.1) is 5.52 Å². The second-order valence-corrected chi connectivity index (χ2v) is 5.12. The number of nitrogens with one attached hydrogen (secondary N) is 1. The van der Waals surface area contributed by atoms with Gasteiger partial charge in [-0.2, -0.15) is 5.10 Å². The summed E-state index contributed by atoms with van der Waals surface area (Å²) in [6.45, 7) is 5.92. The van der Waals surface area contributed by atoms with E-state index in [2.05, 4.69) is 24.0 Å². The van der Waals surface area contributed by atoms with E-state index in [4.69, 9.17) is 0 Å². The first-order valence-corrected chi connectivity index (χ1v) is 7.50. The van der Waals surface area contributed by atoms with Crippen LogP contribution in [0, 0.1) is 0 Å². The minimum absolute atomic E-state index is 0.0457. The van der Waals surface area contributed by atoms with Gasteiger partial charge in [0.15, 0.2) is 5.69 Å². The third-order valence-electron chi connectivity index (χ3n) is 3.52. The van der Waals surface area contributed by atoms with Crippen LogP contribution in [0.4, 0.5) is 0 Å². The van der Waals surface area contributed by atoms with Crippen LogP contribution in [0.15, 0.2) is 24.3 Å². The Bertz CT molecular complexity index is 554. The summed E-state index contributed by atoms with van der Waals surface area (Å²) in [7, 11) is 0. The molecular weight excluding hydrogens is 250 g/mol. The predicted molar refractivity (Wildman–Crippen MR) is 81.8 cm³/mol. The molecule has 0 fully saturated rings. The van der Waals surface area contributed by atoms with E-state index in [9.17, 15) is 4.79 Å². The summed E-state index contributed by atoms with van der Waals surface area (Å²) >= 11 is 0. The van der Waals surface area contributed by atoms with Crippen LogP contribution in [-0.2, 0) is 0 Å². The zero-order chi connectivity index (χ0) is 14.4. The SMILES string of the molecule is CCCCN(CCCC)C(=O)c1n[nH]c2ccccc12. The monoisotopic (exact) mass is 273 g/mol. The van der Waals surface area contributed by atoms with Crippen molar-refractivity contribution >= 4 is 16.8 Å². The second kappa shape index (κ2) is 7.08.